The van der Waals surface area contributed by atoms with Crippen molar-refractivity contribution in [3.8, 4) is 5.75 Å². The zero-order valence-corrected chi connectivity index (χ0v) is 21.5. The lowest BCUT2D eigenvalue weighted by Gasteiger charge is -2.34. The topological polar surface area (TPSA) is 99.3 Å². The number of nitrogens with zero attached hydrogens (tertiary/aromatic N) is 3. The van der Waals surface area contributed by atoms with E-state index in [0.29, 0.717) is 37.6 Å². The highest BCUT2D eigenvalue weighted by molar-refractivity contribution is 7.89. The van der Waals surface area contributed by atoms with Crippen LogP contribution in [0.2, 0.25) is 0 Å². The second-order valence-corrected chi connectivity index (χ2v) is 11.3. The van der Waals surface area contributed by atoms with Crippen molar-refractivity contribution in [2.24, 2.45) is 5.92 Å². The molecule has 2 aromatic rings. The van der Waals surface area contributed by atoms with Gasteiger partial charge in [-0.1, -0.05) is 36.4 Å². The minimum Gasteiger partial charge on any atom is -0.497 e. The summed E-state index contributed by atoms with van der Waals surface area (Å²) >= 11 is 0. The van der Waals surface area contributed by atoms with E-state index in [4.69, 9.17) is 4.74 Å². The highest BCUT2D eigenvalue weighted by Crippen LogP contribution is 2.28. The summed E-state index contributed by atoms with van der Waals surface area (Å²) in [5.41, 5.74) is 1.96. The lowest BCUT2D eigenvalue weighted by molar-refractivity contribution is -0.126. The Morgan fingerprint density at radius 2 is 1.81 bits per heavy atom. The van der Waals surface area contributed by atoms with Crippen LogP contribution in [-0.4, -0.2) is 88.1 Å². The molecule has 2 aromatic carbocycles. The number of nitrogens with one attached hydrogen (secondary N) is 1. The number of carbonyl (C=O) groups excluding carboxylic acids is 2. The number of hydrogen-bond acceptors (Lipinski definition) is 6. The maximum Gasteiger partial charge on any atom is 0.227 e. The van der Waals surface area contributed by atoms with E-state index in [0.717, 1.165) is 13.0 Å². The number of methoxy groups -OCH3 is 1. The SMILES string of the molecule is COc1cccc(N2CC(C(=O)NCCS(=O)(=O)N3CCN(CCc4ccccc4)CC3)CC2=O)c1. The van der Waals surface area contributed by atoms with Gasteiger partial charge in [-0.05, 0) is 24.1 Å². The van der Waals surface area contributed by atoms with Crippen LogP contribution in [-0.2, 0) is 26.0 Å². The van der Waals surface area contributed by atoms with Gasteiger partial charge in [0.2, 0.25) is 21.8 Å². The van der Waals surface area contributed by atoms with Crippen molar-refractivity contribution < 1.29 is 22.7 Å². The third kappa shape index (κ3) is 6.63. The van der Waals surface area contributed by atoms with Crippen LogP contribution in [0.15, 0.2) is 54.6 Å². The third-order valence-corrected chi connectivity index (χ3v) is 8.68. The van der Waals surface area contributed by atoms with Gasteiger partial charge in [0.1, 0.15) is 5.75 Å². The summed E-state index contributed by atoms with van der Waals surface area (Å²) in [6.45, 7) is 3.50. The second-order valence-electron chi connectivity index (χ2n) is 9.19. The average molecular weight is 515 g/mol. The van der Waals surface area contributed by atoms with Gasteiger partial charge in [0, 0.05) is 64.0 Å². The van der Waals surface area contributed by atoms with Crippen molar-refractivity contribution in [3.05, 3.63) is 60.2 Å². The minimum absolute atomic E-state index is 0.0270. The molecule has 1 atom stereocenters. The first-order chi connectivity index (χ1) is 17.4. The fourth-order valence-corrected chi connectivity index (χ4v) is 5.99. The maximum atomic E-state index is 12.8. The molecule has 2 saturated heterocycles. The molecule has 194 valence electrons. The fraction of sp³-hybridized carbons (Fsp3) is 0.462. The molecule has 2 amide bonds. The molecule has 0 spiro atoms. The summed E-state index contributed by atoms with van der Waals surface area (Å²) in [6.07, 6.45) is 1.04. The summed E-state index contributed by atoms with van der Waals surface area (Å²) in [4.78, 5) is 29.0. The second kappa shape index (κ2) is 11.9. The summed E-state index contributed by atoms with van der Waals surface area (Å²) in [6, 6.07) is 17.4. The van der Waals surface area contributed by atoms with Gasteiger partial charge in [-0.3, -0.25) is 9.59 Å². The Morgan fingerprint density at radius 3 is 2.53 bits per heavy atom. The van der Waals surface area contributed by atoms with Crippen molar-refractivity contribution in [1.29, 1.82) is 0 Å². The first kappa shape index (κ1) is 26.1. The minimum atomic E-state index is -3.46. The third-order valence-electron chi connectivity index (χ3n) is 6.80. The fourth-order valence-electron chi connectivity index (χ4n) is 4.65. The van der Waals surface area contributed by atoms with E-state index in [1.807, 2.05) is 18.2 Å². The Labute approximate surface area is 213 Å². The summed E-state index contributed by atoms with van der Waals surface area (Å²) in [7, 11) is -1.91. The van der Waals surface area contributed by atoms with Crippen molar-refractivity contribution in [3.63, 3.8) is 0 Å². The molecule has 0 aliphatic carbocycles. The normalized spacial score (nSPS) is 19.4. The van der Waals surface area contributed by atoms with Crippen molar-refractivity contribution in [2.45, 2.75) is 12.8 Å². The molecule has 4 rings (SSSR count). The van der Waals surface area contributed by atoms with E-state index >= 15 is 0 Å². The highest BCUT2D eigenvalue weighted by Gasteiger charge is 2.35. The van der Waals surface area contributed by atoms with Gasteiger partial charge < -0.3 is 19.9 Å². The molecule has 2 fully saturated rings. The number of piperazine rings is 1. The van der Waals surface area contributed by atoms with E-state index in [-0.39, 0.29) is 37.1 Å². The molecule has 0 saturated carbocycles. The molecule has 9 nitrogen and oxygen atoms in total. The molecular formula is C26H34N4O5S. The van der Waals surface area contributed by atoms with E-state index in [9.17, 15) is 18.0 Å². The maximum absolute atomic E-state index is 12.8. The van der Waals surface area contributed by atoms with Crippen LogP contribution in [0.3, 0.4) is 0 Å². The Kier molecular flexibility index (Phi) is 8.60. The van der Waals surface area contributed by atoms with E-state index in [1.54, 1.807) is 36.3 Å². The molecular weight excluding hydrogens is 480 g/mol. The van der Waals surface area contributed by atoms with Crippen molar-refractivity contribution in [1.82, 2.24) is 14.5 Å². The van der Waals surface area contributed by atoms with Crippen LogP contribution in [0.5, 0.6) is 5.75 Å². The molecule has 2 heterocycles. The Morgan fingerprint density at radius 1 is 1.06 bits per heavy atom. The summed E-state index contributed by atoms with van der Waals surface area (Å²) in [5.74, 6) is -0.464. The Balaban J connectivity index is 1.19. The van der Waals surface area contributed by atoms with Gasteiger partial charge in [0.25, 0.3) is 0 Å². The molecule has 0 bridgehead atoms. The predicted molar refractivity (Wildman–Crippen MR) is 138 cm³/mol. The van der Waals surface area contributed by atoms with Crippen LogP contribution in [0.4, 0.5) is 5.69 Å². The predicted octanol–water partition coefficient (Wildman–Crippen LogP) is 1.35. The number of amides is 2. The quantitative estimate of drug-likeness (QED) is 0.514. The summed E-state index contributed by atoms with van der Waals surface area (Å²) < 4.78 is 32.3. The number of ether oxygens (including phenoxy) is 1. The molecule has 1 N–H and O–H groups in total. The Bertz CT molecular complexity index is 1150. The average Bonchev–Trinajstić information content (AvgIpc) is 3.30. The van der Waals surface area contributed by atoms with Gasteiger partial charge in [-0.2, -0.15) is 4.31 Å². The standard InChI is InChI=1S/C26H34N4O5S/c1-35-24-9-5-8-23(19-24)30-20-22(18-25(30)31)26(32)27-11-17-36(33,34)29-15-13-28(14-16-29)12-10-21-6-3-2-4-7-21/h2-9,19,22H,10-18,20H2,1H3,(H,27,32). The van der Waals surface area contributed by atoms with E-state index < -0.39 is 15.9 Å². The smallest absolute Gasteiger partial charge is 0.227 e. The van der Waals surface area contributed by atoms with Crippen LogP contribution in [0.25, 0.3) is 0 Å². The number of anilines is 1. The molecule has 36 heavy (non-hydrogen) atoms. The van der Waals surface area contributed by atoms with Crippen LogP contribution in [0, 0.1) is 5.92 Å². The zero-order chi connectivity index (χ0) is 25.5. The number of rotatable bonds is 10. The molecule has 2 aliphatic heterocycles. The summed E-state index contributed by atoms with van der Waals surface area (Å²) in [5, 5.41) is 2.72. The van der Waals surface area contributed by atoms with E-state index in [1.165, 1.54) is 9.87 Å². The number of sulfonamides is 1. The number of hydrogen-bond donors (Lipinski definition) is 1. The zero-order valence-electron chi connectivity index (χ0n) is 20.6. The van der Waals surface area contributed by atoms with Gasteiger partial charge in [0.05, 0.1) is 18.8 Å². The van der Waals surface area contributed by atoms with Crippen molar-refractivity contribution >= 4 is 27.5 Å². The molecule has 0 aromatic heterocycles. The number of carbonyl (C=O) groups is 2. The monoisotopic (exact) mass is 514 g/mol. The molecule has 0 radical (unpaired) electrons. The van der Waals surface area contributed by atoms with Crippen molar-refractivity contribution in [2.75, 3.05) is 63.6 Å². The molecule has 1 unspecified atom stereocenters. The van der Waals surface area contributed by atoms with Crippen LogP contribution >= 0.6 is 0 Å². The molecule has 2 aliphatic rings. The van der Waals surface area contributed by atoms with E-state index in [2.05, 4.69) is 22.3 Å². The number of benzene rings is 2. The van der Waals surface area contributed by atoms with Gasteiger partial charge >= 0.3 is 0 Å². The first-order valence-electron chi connectivity index (χ1n) is 12.3. The lowest BCUT2D eigenvalue weighted by atomic mass is 10.1. The van der Waals surface area contributed by atoms with Crippen LogP contribution in [0.1, 0.15) is 12.0 Å². The largest absolute Gasteiger partial charge is 0.497 e. The Hall–Kier alpha value is -2.95. The van der Waals surface area contributed by atoms with Gasteiger partial charge in [0.15, 0.2) is 0 Å². The lowest BCUT2D eigenvalue weighted by Crippen LogP contribution is -2.50. The molecule has 10 heteroatoms. The van der Waals surface area contributed by atoms with Gasteiger partial charge in [-0.25, -0.2) is 8.42 Å². The first-order valence-corrected chi connectivity index (χ1v) is 13.9. The highest BCUT2D eigenvalue weighted by atomic mass is 32.2. The van der Waals surface area contributed by atoms with Gasteiger partial charge in [-0.15, -0.1) is 0 Å². The van der Waals surface area contributed by atoms with Crippen LogP contribution < -0.4 is 15.0 Å².